The Morgan fingerprint density at radius 1 is 1.13 bits per heavy atom. The van der Waals surface area contributed by atoms with Crippen molar-refractivity contribution >= 4 is 11.2 Å². The molecule has 3 heterocycles. The average molecular weight is 196 g/mol. The molecule has 0 aliphatic carbocycles. The molecule has 0 bridgehead atoms. The number of fused-ring (bicyclic) bond motifs is 1. The highest BCUT2D eigenvalue weighted by Crippen LogP contribution is 2.19. The first kappa shape index (κ1) is 8.05. The van der Waals surface area contributed by atoms with Crippen molar-refractivity contribution in [1.29, 1.82) is 0 Å². The van der Waals surface area contributed by atoms with Crippen molar-refractivity contribution in [2.75, 3.05) is 0 Å². The molecule has 0 unspecified atom stereocenters. The van der Waals surface area contributed by atoms with Gasteiger partial charge in [0.25, 0.3) is 0 Å². The van der Waals surface area contributed by atoms with Gasteiger partial charge in [0.05, 0.1) is 12.0 Å². The fourth-order valence-electron chi connectivity index (χ4n) is 1.41. The van der Waals surface area contributed by atoms with Crippen LogP contribution in [-0.4, -0.2) is 24.9 Å². The third-order valence-corrected chi connectivity index (χ3v) is 2.07. The summed E-state index contributed by atoms with van der Waals surface area (Å²) >= 11 is 0. The molecule has 5 heteroatoms. The molecule has 0 aliphatic rings. The number of imidazole rings is 1. The van der Waals surface area contributed by atoms with Crippen LogP contribution in [0.4, 0.5) is 0 Å². The third kappa shape index (κ3) is 1.25. The van der Waals surface area contributed by atoms with Crippen LogP contribution >= 0.6 is 0 Å². The Morgan fingerprint density at radius 2 is 2.13 bits per heavy atom. The quantitative estimate of drug-likeness (QED) is 0.635. The molecule has 3 rings (SSSR count). The van der Waals surface area contributed by atoms with Crippen LogP contribution in [0.5, 0.6) is 0 Å². The molecule has 0 spiro atoms. The molecule has 0 amide bonds. The van der Waals surface area contributed by atoms with Crippen LogP contribution in [0.15, 0.2) is 30.7 Å². The first-order valence-corrected chi connectivity index (χ1v) is 4.44. The molecule has 5 nitrogen and oxygen atoms in total. The number of pyridine rings is 1. The van der Waals surface area contributed by atoms with E-state index in [1.54, 1.807) is 12.5 Å². The zero-order valence-corrected chi connectivity index (χ0v) is 7.68. The lowest BCUT2D eigenvalue weighted by molar-refractivity contribution is 1.16. The summed E-state index contributed by atoms with van der Waals surface area (Å²) in [4.78, 5) is 19.3. The molecule has 3 aromatic heterocycles. The fourth-order valence-corrected chi connectivity index (χ4v) is 1.41. The molecule has 0 fully saturated rings. The summed E-state index contributed by atoms with van der Waals surface area (Å²) in [7, 11) is 0. The van der Waals surface area contributed by atoms with Gasteiger partial charge in [0.15, 0.2) is 5.65 Å². The van der Waals surface area contributed by atoms with E-state index in [0.29, 0.717) is 16.9 Å². The largest absolute Gasteiger partial charge is 0.329 e. The van der Waals surface area contributed by atoms with Crippen LogP contribution in [0.2, 0.25) is 0 Å². The van der Waals surface area contributed by atoms with Gasteiger partial charge in [0.2, 0.25) is 6.33 Å². The maximum absolute atomic E-state index is 4.21. The van der Waals surface area contributed by atoms with Gasteiger partial charge in [-0.1, -0.05) is 6.07 Å². The van der Waals surface area contributed by atoms with Crippen molar-refractivity contribution < 1.29 is 0 Å². The molecule has 1 radical (unpaired) electrons. The maximum Gasteiger partial charge on any atom is 0.200 e. The molecular weight excluding hydrogens is 190 g/mol. The summed E-state index contributed by atoms with van der Waals surface area (Å²) in [5, 5.41) is 0. The maximum atomic E-state index is 4.21. The average Bonchev–Trinajstić information content (AvgIpc) is 2.78. The zero-order chi connectivity index (χ0) is 10.1. The van der Waals surface area contributed by atoms with Crippen molar-refractivity contribution in [2.45, 2.75) is 0 Å². The van der Waals surface area contributed by atoms with Crippen LogP contribution in [0.1, 0.15) is 0 Å². The molecular formula is C10H6N5. The lowest BCUT2D eigenvalue weighted by Crippen LogP contribution is -1.90. The highest BCUT2D eigenvalue weighted by atomic mass is 15.0. The number of aromatic amines is 1. The summed E-state index contributed by atoms with van der Waals surface area (Å²) in [6, 6.07) is 5.64. The summed E-state index contributed by atoms with van der Waals surface area (Å²) < 4.78 is 0. The summed E-state index contributed by atoms with van der Waals surface area (Å²) in [6.07, 6.45) is 5.88. The second kappa shape index (κ2) is 3.13. The van der Waals surface area contributed by atoms with Crippen molar-refractivity contribution in [3.63, 3.8) is 0 Å². The summed E-state index contributed by atoms with van der Waals surface area (Å²) in [6.45, 7) is 0. The molecule has 1 N–H and O–H groups in total. The van der Waals surface area contributed by atoms with Gasteiger partial charge < -0.3 is 4.98 Å². The Hall–Kier alpha value is -2.30. The monoisotopic (exact) mass is 196 g/mol. The normalized spacial score (nSPS) is 10.7. The lowest BCUT2D eigenvalue weighted by Gasteiger charge is -1.98. The van der Waals surface area contributed by atoms with Crippen LogP contribution < -0.4 is 0 Å². The van der Waals surface area contributed by atoms with Gasteiger partial charge in [0, 0.05) is 6.20 Å². The van der Waals surface area contributed by atoms with E-state index >= 15 is 0 Å². The number of nitrogens with one attached hydrogen (secondary N) is 1. The highest BCUT2D eigenvalue weighted by Gasteiger charge is 2.08. The fraction of sp³-hybridized carbons (Fsp3) is 0. The molecule has 15 heavy (non-hydrogen) atoms. The highest BCUT2D eigenvalue weighted by molar-refractivity contribution is 5.84. The van der Waals surface area contributed by atoms with E-state index in [-0.39, 0.29) is 0 Å². The van der Waals surface area contributed by atoms with Crippen molar-refractivity contribution in [3.05, 3.63) is 37.1 Å². The van der Waals surface area contributed by atoms with Crippen molar-refractivity contribution in [3.8, 4) is 11.4 Å². The van der Waals surface area contributed by atoms with Crippen LogP contribution in [-0.2, 0) is 0 Å². The van der Waals surface area contributed by atoms with Crippen molar-refractivity contribution in [1.82, 2.24) is 24.9 Å². The van der Waals surface area contributed by atoms with Gasteiger partial charge in [-0.2, -0.15) is 0 Å². The smallest absolute Gasteiger partial charge is 0.200 e. The van der Waals surface area contributed by atoms with E-state index in [0.717, 1.165) is 5.69 Å². The SMILES string of the molecule is [c]1nc(-c2ccccn2)c2nc[nH]c2n1. The second-order valence-corrected chi connectivity index (χ2v) is 2.99. The zero-order valence-electron chi connectivity index (χ0n) is 7.68. The van der Waals surface area contributed by atoms with E-state index in [4.69, 9.17) is 0 Å². The Balaban J connectivity index is 2.31. The molecule has 0 aliphatic heterocycles. The minimum Gasteiger partial charge on any atom is -0.329 e. The van der Waals surface area contributed by atoms with Crippen LogP contribution in [0.25, 0.3) is 22.6 Å². The van der Waals surface area contributed by atoms with E-state index < -0.39 is 0 Å². The third-order valence-electron chi connectivity index (χ3n) is 2.07. The predicted molar refractivity (Wildman–Crippen MR) is 53.8 cm³/mol. The van der Waals surface area contributed by atoms with E-state index in [1.807, 2.05) is 18.2 Å². The van der Waals surface area contributed by atoms with Crippen LogP contribution in [0, 0.1) is 6.33 Å². The number of H-pyrrole nitrogens is 1. The second-order valence-electron chi connectivity index (χ2n) is 2.99. The van der Waals surface area contributed by atoms with Gasteiger partial charge >= 0.3 is 0 Å². The van der Waals surface area contributed by atoms with E-state index in [2.05, 4.69) is 31.2 Å². The van der Waals surface area contributed by atoms with E-state index in [9.17, 15) is 0 Å². The van der Waals surface area contributed by atoms with E-state index in [1.165, 1.54) is 0 Å². The lowest BCUT2D eigenvalue weighted by atomic mass is 10.2. The predicted octanol–water partition coefficient (Wildman–Crippen LogP) is 1.22. The Labute approximate surface area is 85.3 Å². The van der Waals surface area contributed by atoms with Crippen molar-refractivity contribution in [2.24, 2.45) is 0 Å². The summed E-state index contributed by atoms with van der Waals surface area (Å²) in [5.41, 5.74) is 2.85. The minimum absolute atomic E-state index is 0.672. The van der Waals surface area contributed by atoms with Gasteiger partial charge in [-0.15, -0.1) is 0 Å². The van der Waals surface area contributed by atoms with Crippen LogP contribution in [0.3, 0.4) is 0 Å². The number of aromatic nitrogens is 5. The minimum atomic E-state index is 0.672. The molecule has 0 saturated heterocycles. The standard InChI is InChI=1S/C10H6N5/c1-2-4-11-7(3-1)8-9-10(14-5-12-8)15-6-13-9/h1-4,6H,(H,12,13,14,15). The molecule has 0 aromatic carbocycles. The van der Waals surface area contributed by atoms with Gasteiger partial charge in [-0.25, -0.2) is 15.0 Å². The Bertz CT molecular complexity index is 587. The number of hydrogen-bond acceptors (Lipinski definition) is 4. The molecule has 3 aromatic rings. The first-order valence-electron chi connectivity index (χ1n) is 4.44. The van der Waals surface area contributed by atoms with Gasteiger partial charge in [-0.3, -0.25) is 4.98 Å². The molecule has 0 saturated carbocycles. The first-order chi connectivity index (χ1) is 7.45. The van der Waals surface area contributed by atoms with Gasteiger partial charge in [0.1, 0.15) is 11.2 Å². The summed E-state index contributed by atoms with van der Waals surface area (Å²) in [5.74, 6) is 0. The number of rotatable bonds is 1. The Kier molecular flexibility index (Phi) is 1.68. The molecule has 0 atom stereocenters. The Morgan fingerprint density at radius 3 is 3.00 bits per heavy atom. The number of nitrogens with zero attached hydrogens (tertiary/aromatic N) is 4. The van der Waals surface area contributed by atoms with Gasteiger partial charge in [-0.05, 0) is 12.1 Å². The number of hydrogen-bond donors (Lipinski definition) is 1. The molecule has 71 valence electrons. The topological polar surface area (TPSA) is 67.3 Å².